The first-order valence-electron chi connectivity index (χ1n) is 5.58. The lowest BCUT2D eigenvalue weighted by Gasteiger charge is -2.07. The van der Waals surface area contributed by atoms with Crippen LogP contribution in [0.4, 0.5) is 0 Å². The standard InChI is InChI=1S/C11H17ClN2O3/c1-8(2)3-5-17-6-4-14-10(15)7-9(12)13-11(14)16/h7-8H,3-6H2,1-2H3,(H,13,16). The summed E-state index contributed by atoms with van der Waals surface area (Å²) in [5.74, 6) is 0.580. The highest BCUT2D eigenvalue weighted by molar-refractivity contribution is 6.29. The molecule has 0 amide bonds. The minimum absolute atomic E-state index is 0.0528. The monoisotopic (exact) mass is 260 g/mol. The highest BCUT2D eigenvalue weighted by Gasteiger charge is 2.02. The van der Waals surface area contributed by atoms with E-state index in [1.165, 1.54) is 6.07 Å². The summed E-state index contributed by atoms with van der Waals surface area (Å²) in [6.45, 7) is 5.44. The fourth-order valence-electron chi connectivity index (χ4n) is 1.28. The smallest absolute Gasteiger partial charge is 0.329 e. The minimum atomic E-state index is -0.505. The summed E-state index contributed by atoms with van der Waals surface area (Å²) in [6.07, 6.45) is 0.964. The molecule has 0 atom stereocenters. The number of aromatic nitrogens is 2. The van der Waals surface area contributed by atoms with Crippen LogP contribution in [0, 0.1) is 5.92 Å². The predicted molar refractivity (Wildman–Crippen MR) is 66.6 cm³/mol. The van der Waals surface area contributed by atoms with Gasteiger partial charge in [-0.25, -0.2) is 4.79 Å². The number of halogens is 1. The van der Waals surface area contributed by atoms with E-state index < -0.39 is 11.2 Å². The van der Waals surface area contributed by atoms with Crippen molar-refractivity contribution < 1.29 is 4.74 Å². The second kappa shape index (κ2) is 6.61. The SMILES string of the molecule is CC(C)CCOCCn1c(=O)cc(Cl)[nH]c1=O. The van der Waals surface area contributed by atoms with E-state index >= 15 is 0 Å². The molecule has 1 heterocycles. The van der Waals surface area contributed by atoms with E-state index in [4.69, 9.17) is 16.3 Å². The van der Waals surface area contributed by atoms with E-state index in [1.807, 2.05) is 0 Å². The highest BCUT2D eigenvalue weighted by atomic mass is 35.5. The van der Waals surface area contributed by atoms with Gasteiger partial charge in [-0.3, -0.25) is 14.3 Å². The lowest BCUT2D eigenvalue weighted by atomic mass is 10.1. The van der Waals surface area contributed by atoms with E-state index in [-0.39, 0.29) is 11.7 Å². The number of nitrogens with zero attached hydrogens (tertiary/aromatic N) is 1. The molecule has 1 N–H and O–H groups in total. The van der Waals surface area contributed by atoms with Gasteiger partial charge in [0.1, 0.15) is 5.15 Å². The molecule has 0 bridgehead atoms. The molecule has 0 unspecified atom stereocenters. The molecule has 0 aliphatic heterocycles. The van der Waals surface area contributed by atoms with Crippen LogP contribution in [-0.2, 0) is 11.3 Å². The van der Waals surface area contributed by atoms with E-state index in [0.717, 1.165) is 11.0 Å². The first kappa shape index (κ1) is 14.0. The number of hydrogen-bond donors (Lipinski definition) is 1. The molecule has 17 heavy (non-hydrogen) atoms. The van der Waals surface area contributed by atoms with E-state index in [1.54, 1.807) is 0 Å². The van der Waals surface area contributed by atoms with Gasteiger partial charge in [0.2, 0.25) is 0 Å². The van der Waals surface area contributed by atoms with Crippen LogP contribution in [-0.4, -0.2) is 22.8 Å². The molecule has 0 saturated carbocycles. The fourth-order valence-corrected chi connectivity index (χ4v) is 1.45. The Morgan fingerprint density at radius 1 is 1.41 bits per heavy atom. The molecule has 6 heteroatoms. The van der Waals surface area contributed by atoms with E-state index in [0.29, 0.717) is 19.1 Å². The molecule has 0 aromatic carbocycles. The molecule has 1 rings (SSSR count). The molecule has 0 fully saturated rings. The van der Waals surface area contributed by atoms with E-state index in [2.05, 4.69) is 18.8 Å². The Bertz CT molecular complexity index is 433. The molecule has 5 nitrogen and oxygen atoms in total. The van der Waals surface area contributed by atoms with Gasteiger partial charge in [0.15, 0.2) is 0 Å². The van der Waals surface area contributed by atoms with Crippen molar-refractivity contribution in [2.75, 3.05) is 13.2 Å². The predicted octanol–water partition coefficient (Wildman–Crippen LogP) is 1.25. The lowest BCUT2D eigenvalue weighted by Crippen LogP contribution is -2.35. The van der Waals surface area contributed by atoms with Crippen LogP contribution in [0.2, 0.25) is 5.15 Å². The Morgan fingerprint density at radius 2 is 2.12 bits per heavy atom. The molecule has 0 aliphatic carbocycles. The van der Waals surface area contributed by atoms with Crippen LogP contribution < -0.4 is 11.2 Å². The van der Waals surface area contributed by atoms with Gasteiger partial charge in [-0.15, -0.1) is 0 Å². The molecular formula is C11H17ClN2O3. The minimum Gasteiger partial charge on any atom is -0.380 e. The number of H-pyrrole nitrogens is 1. The van der Waals surface area contributed by atoms with Crippen LogP contribution in [0.15, 0.2) is 15.7 Å². The van der Waals surface area contributed by atoms with Crippen molar-refractivity contribution in [1.29, 1.82) is 0 Å². The molecule has 0 aliphatic rings. The van der Waals surface area contributed by atoms with Crippen molar-refractivity contribution in [1.82, 2.24) is 9.55 Å². The first-order valence-corrected chi connectivity index (χ1v) is 5.96. The van der Waals surface area contributed by atoms with Crippen LogP contribution in [0.5, 0.6) is 0 Å². The summed E-state index contributed by atoms with van der Waals surface area (Å²) in [4.78, 5) is 25.2. The van der Waals surface area contributed by atoms with Gasteiger partial charge in [0.25, 0.3) is 5.56 Å². The van der Waals surface area contributed by atoms with Crippen LogP contribution in [0.3, 0.4) is 0 Å². The Kier molecular flexibility index (Phi) is 5.44. The zero-order valence-corrected chi connectivity index (χ0v) is 10.8. The Hall–Kier alpha value is -1.07. The third-order valence-corrected chi connectivity index (χ3v) is 2.49. The summed E-state index contributed by atoms with van der Waals surface area (Å²) in [5, 5.41) is 0.0528. The average Bonchev–Trinajstić information content (AvgIpc) is 2.20. The summed E-state index contributed by atoms with van der Waals surface area (Å²) >= 11 is 5.54. The Balaban J connectivity index is 2.48. The molecule has 0 spiro atoms. The second-order valence-electron chi connectivity index (χ2n) is 4.21. The molecule has 1 aromatic rings. The van der Waals surface area contributed by atoms with Crippen molar-refractivity contribution in [2.24, 2.45) is 5.92 Å². The normalized spacial score (nSPS) is 11.1. The summed E-state index contributed by atoms with van der Waals surface area (Å²) in [5.41, 5.74) is -0.916. The van der Waals surface area contributed by atoms with Crippen molar-refractivity contribution >= 4 is 11.6 Å². The Morgan fingerprint density at radius 3 is 2.71 bits per heavy atom. The van der Waals surface area contributed by atoms with Gasteiger partial charge in [-0.1, -0.05) is 25.4 Å². The molecule has 0 saturated heterocycles. The summed E-state index contributed by atoms with van der Waals surface area (Å²) in [6, 6.07) is 1.18. The van der Waals surface area contributed by atoms with Gasteiger partial charge in [-0.05, 0) is 12.3 Å². The lowest BCUT2D eigenvalue weighted by molar-refractivity contribution is 0.115. The quantitative estimate of drug-likeness (QED) is 0.619. The topological polar surface area (TPSA) is 64.1 Å². The number of aromatic amines is 1. The van der Waals surface area contributed by atoms with Crippen molar-refractivity contribution in [3.63, 3.8) is 0 Å². The maximum Gasteiger partial charge on any atom is 0.329 e. The molecule has 1 aromatic heterocycles. The number of hydrogen-bond acceptors (Lipinski definition) is 3. The van der Waals surface area contributed by atoms with Gasteiger partial charge in [0, 0.05) is 12.7 Å². The zero-order chi connectivity index (χ0) is 12.8. The third-order valence-electron chi connectivity index (χ3n) is 2.29. The second-order valence-corrected chi connectivity index (χ2v) is 4.61. The number of nitrogens with one attached hydrogen (secondary N) is 1. The van der Waals surface area contributed by atoms with Crippen LogP contribution in [0.1, 0.15) is 20.3 Å². The van der Waals surface area contributed by atoms with Crippen molar-refractivity contribution in [2.45, 2.75) is 26.8 Å². The average molecular weight is 261 g/mol. The maximum absolute atomic E-state index is 11.4. The summed E-state index contributed by atoms with van der Waals surface area (Å²) in [7, 11) is 0. The van der Waals surface area contributed by atoms with E-state index in [9.17, 15) is 9.59 Å². The van der Waals surface area contributed by atoms with Gasteiger partial charge in [-0.2, -0.15) is 0 Å². The van der Waals surface area contributed by atoms with Crippen molar-refractivity contribution in [3.05, 3.63) is 32.1 Å². The fraction of sp³-hybridized carbons (Fsp3) is 0.636. The third kappa shape index (κ3) is 4.75. The van der Waals surface area contributed by atoms with Crippen LogP contribution >= 0.6 is 11.6 Å². The molecule has 0 radical (unpaired) electrons. The van der Waals surface area contributed by atoms with Gasteiger partial charge in [0.05, 0.1) is 13.2 Å². The van der Waals surface area contributed by atoms with Gasteiger partial charge < -0.3 is 4.74 Å². The number of rotatable bonds is 6. The van der Waals surface area contributed by atoms with Gasteiger partial charge >= 0.3 is 5.69 Å². The first-order chi connectivity index (χ1) is 8.00. The van der Waals surface area contributed by atoms with Crippen LogP contribution in [0.25, 0.3) is 0 Å². The Labute approximate surface area is 104 Å². The molecule has 96 valence electrons. The maximum atomic E-state index is 11.4. The van der Waals surface area contributed by atoms with Crippen molar-refractivity contribution in [3.8, 4) is 0 Å². The summed E-state index contributed by atoms with van der Waals surface area (Å²) < 4.78 is 6.41. The largest absolute Gasteiger partial charge is 0.380 e. The zero-order valence-electron chi connectivity index (χ0n) is 10.0. The molecular weight excluding hydrogens is 244 g/mol. The highest BCUT2D eigenvalue weighted by Crippen LogP contribution is 1.98. The number of ether oxygens (including phenoxy) is 1.